The molecule has 1 saturated heterocycles. The maximum Gasteiger partial charge on any atom is 0.0648 e. The second kappa shape index (κ2) is 6.22. The van der Waals surface area contributed by atoms with Crippen LogP contribution in [0, 0.1) is 19.8 Å². The summed E-state index contributed by atoms with van der Waals surface area (Å²) in [6, 6.07) is 2.23. The van der Waals surface area contributed by atoms with Gasteiger partial charge in [0.2, 0.25) is 0 Å². The molecule has 5 nitrogen and oxygen atoms in total. The summed E-state index contributed by atoms with van der Waals surface area (Å²) in [5, 5.41) is 8.23. The van der Waals surface area contributed by atoms with Gasteiger partial charge in [-0.1, -0.05) is 0 Å². The van der Waals surface area contributed by atoms with Crippen molar-refractivity contribution in [1.29, 1.82) is 0 Å². The Balaban J connectivity index is 2.09. The van der Waals surface area contributed by atoms with Gasteiger partial charge in [-0.25, -0.2) is 0 Å². The molecule has 0 radical (unpaired) electrons. The smallest absolute Gasteiger partial charge is 0.0648 e. The second-order valence-corrected chi connectivity index (χ2v) is 5.04. The summed E-state index contributed by atoms with van der Waals surface area (Å²) in [4.78, 5) is 0. The van der Waals surface area contributed by atoms with Crippen molar-refractivity contribution in [2.24, 2.45) is 11.8 Å². The molecule has 1 unspecified atom stereocenters. The van der Waals surface area contributed by atoms with E-state index >= 15 is 0 Å². The highest BCUT2D eigenvalue weighted by atomic mass is 16.5. The molecule has 0 spiro atoms. The number of aryl methyl sites for hydroxylation is 2. The zero-order valence-electron chi connectivity index (χ0n) is 11.1. The quantitative estimate of drug-likeness (QED) is 0.624. The number of nitrogens with zero attached hydrogens (tertiary/aromatic N) is 2. The van der Waals surface area contributed by atoms with Gasteiger partial charge in [-0.15, -0.1) is 0 Å². The summed E-state index contributed by atoms with van der Waals surface area (Å²) >= 11 is 0. The fraction of sp³-hybridized carbons (Fsp3) is 0.692. The molecule has 1 aromatic rings. The number of nitrogens with two attached hydrogens (primary N) is 1. The lowest BCUT2D eigenvalue weighted by molar-refractivity contribution is 0.0604. The fourth-order valence-electron chi connectivity index (χ4n) is 2.52. The van der Waals surface area contributed by atoms with E-state index in [0.29, 0.717) is 5.92 Å². The molecule has 2 heterocycles. The van der Waals surface area contributed by atoms with Crippen LogP contribution in [-0.2, 0) is 4.74 Å². The molecule has 1 aliphatic heterocycles. The summed E-state index contributed by atoms with van der Waals surface area (Å²) in [5.74, 6) is 6.39. The Morgan fingerprint density at radius 2 is 2.11 bits per heavy atom. The average molecular weight is 250 g/mol. The Hall–Kier alpha value is -1.04. The van der Waals surface area contributed by atoms with Crippen LogP contribution in [0.25, 0.3) is 0 Å². The summed E-state index contributed by atoms with van der Waals surface area (Å²) < 4.78 is 5.39. The average Bonchev–Trinajstić information content (AvgIpc) is 2.40. The van der Waals surface area contributed by atoms with E-state index in [0.717, 1.165) is 49.4 Å². The number of rotatable bonds is 4. The number of hydrogen-bond donors (Lipinski definition) is 2. The molecule has 0 saturated carbocycles. The van der Waals surface area contributed by atoms with Gasteiger partial charge >= 0.3 is 0 Å². The highest BCUT2D eigenvalue weighted by molar-refractivity contribution is 5.23. The second-order valence-electron chi connectivity index (χ2n) is 5.04. The van der Waals surface area contributed by atoms with Crippen molar-refractivity contribution in [3.8, 4) is 0 Å². The monoisotopic (exact) mass is 250 g/mol. The molecule has 1 atom stereocenters. The minimum atomic E-state index is 0.155. The van der Waals surface area contributed by atoms with Gasteiger partial charge < -0.3 is 4.74 Å². The zero-order valence-corrected chi connectivity index (χ0v) is 11.1. The van der Waals surface area contributed by atoms with E-state index in [-0.39, 0.29) is 6.04 Å². The van der Waals surface area contributed by atoms with Crippen molar-refractivity contribution in [1.82, 2.24) is 15.6 Å². The van der Waals surface area contributed by atoms with Gasteiger partial charge in [-0.2, -0.15) is 10.2 Å². The zero-order chi connectivity index (χ0) is 13.0. The predicted octanol–water partition coefficient (Wildman–Crippen LogP) is 1.41. The van der Waals surface area contributed by atoms with Crippen LogP contribution >= 0.6 is 0 Å². The lowest BCUT2D eigenvalue weighted by atomic mass is 9.89. The number of nitrogens with one attached hydrogen (secondary N) is 1. The van der Waals surface area contributed by atoms with E-state index < -0.39 is 0 Å². The Kier molecular flexibility index (Phi) is 4.63. The lowest BCUT2D eigenvalue weighted by Crippen LogP contribution is -2.32. The molecule has 1 aromatic heterocycles. The highest BCUT2D eigenvalue weighted by Crippen LogP contribution is 2.28. The van der Waals surface area contributed by atoms with Crippen molar-refractivity contribution < 1.29 is 4.74 Å². The molecule has 1 aliphatic rings. The minimum Gasteiger partial charge on any atom is -0.381 e. The van der Waals surface area contributed by atoms with E-state index in [1.807, 2.05) is 13.8 Å². The molecular formula is C13H22N4O. The molecule has 0 amide bonds. The maximum absolute atomic E-state index is 5.71. The van der Waals surface area contributed by atoms with Crippen molar-refractivity contribution in [2.75, 3.05) is 13.2 Å². The van der Waals surface area contributed by atoms with E-state index in [1.54, 1.807) is 0 Å². The Bertz CT molecular complexity index is 391. The van der Waals surface area contributed by atoms with Crippen molar-refractivity contribution in [3.05, 3.63) is 23.0 Å². The molecule has 0 bridgehead atoms. The summed E-state index contributed by atoms with van der Waals surface area (Å²) in [6.45, 7) is 5.68. The first kappa shape index (κ1) is 13.4. The summed E-state index contributed by atoms with van der Waals surface area (Å²) in [6.07, 6.45) is 3.27. The summed E-state index contributed by atoms with van der Waals surface area (Å²) in [5.41, 5.74) is 5.98. The molecule has 3 N–H and O–H groups in total. The number of hydrogen-bond acceptors (Lipinski definition) is 5. The Labute approximate surface area is 108 Å². The third kappa shape index (κ3) is 3.25. The number of aromatic nitrogens is 2. The van der Waals surface area contributed by atoms with Crippen LogP contribution in [0.5, 0.6) is 0 Å². The van der Waals surface area contributed by atoms with Crippen molar-refractivity contribution >= 4 is 0 Å². The van der Waals surface area contributed by atoms with Crippen LogP contribution in [0.2, 0.25) is 0 Å². The third-order valence-electron chi connectivity index (χ3n) is 3.63. The van der Waals surface area contributed by atoms with Gasteiger partial charge in [-0.05, 0) is 50.7 Å². The molecule has 1 fully saturated rings. The normalized spacial score (nSPS) is 18.8. The maximum atomic E-state index is 5.71. The van der Waals surface area contributed by atoms with E-state index in [4.69, 9.17) is 10.6 Å². The van der Waals surface area contributed by atoms with Crippen LogP contribution < -0.4 is 11.3 Å². The van der Waals surface area contributed by atoms with Crippen LogP contribution in [0.1, 0.15) is 42.3 Å². The highest BCUT2D eigenvalue weighted by Gasteiger charge is 2.21. The minimum absolute atomic E-state index is 0.155. The van der Waals surface area contributed by atoms with Gasteiger partial charge in [0.05, 0.1) is 11.4 Å². The molecule has 0 aliphatic carbocycles. The van der Waals surface area contributed by atoms with E-state index in [9.17, 15) is 0 Å². The van der Waals surface area contributed by atoms with Crippen LogP contribution in [0.4, 0.5) is 0 Å². The van der Waals surface area contributed by atoms with E-state index in [1.165, 1.54) is 0 Å². The SMILES string of the molecule is Cc1cc(C(CC2CCOCC2)NN)c(C)nn1. The van der Waals surface area contributed by atoms with Crippen molar-refractivity contribution in [2.45, 2.75) is 39.2 Å². The van der Waals surface area contributed by atoms with Crippen LogP contribution in [0.3, 0.4) is 0 Å². The van der Waals surface area contributed by atoms with Gasteiger partial charge in [-0.3, -0.25) is 11.3 Å². The largest absolute Gasteiger partial charge is 0.381 e. The molecule has 5 heteroatoms. The molecule has 0 aromatic carbocycles. The van der Waals surface area contributed by atoms with E-state index in [2.05, 4.69) is 21.7 Å². The fourth-order valence-corrected chi connectivity index (χ4v) is 2.52. The van der Waals surface area contributed by atoms with Gasteiger partial charge in [0, 0.05) is 19.3 Å². The molecule has 18 heavy (non-hydrogen) atoms. The lowest BCUT2D eigenvalue weighted by Gasteiger charge is -2.27. The van der Waals surface area contributed by atoms with Crippen LogP contribution in [0.15, 0.2) is 6.07 Å². The standard InChI is InChI=1S/C13H22N4O/c1-9-7-12(10(2)17-16-9)13(15-14)8-11-3-5-18-6-4-11/h7,11,13,15H,3-6,8,14H2,1-2H3. The molecule has 100 valence electrons. The Morgan fingerprint density at radius 1 is 1.39 bits per heavy atom. The van der Waals surface area contributed by atoms with Gasteiger partial charge in [0.25, 0.3) is 0 Å². The van der Waals surface area contributed by atoms with Gasteiger partial charge in [0.15, 0.2) is 0 Å². The first-order chi connectivity index (χ1) is 8.70. The molecular weight excluding hydrogens is 228 g/mol. The topological polar surface area (TPSA) is 73.1 Å². The molecule has 2 rings (SSSR count). The Morgan fingerprint density at radius 3 is 2.78 bits per heavy atom. The van der Waals surface area contributed by atoms with Crippen LogP contribution in [-0.4, -0.2) is 23.4 Å². The van der Waals surface area contributed by atoms with Gasteiger partial charge in [0.1, 0.15) is 0 Å². The first-order valence-corrected chi connectivity index (χ1v) is 6.55. The number of ether oxygens (including phenoxy) is 1. The first-order valence-electron chi connectivity index (χ1n) is 6.55. The predicted molar refractivity (Wildman–Crippen MR) is 69.7 cm³/mol. The number of hydrazine groups is 1. The summed E-state index contributed by atoms with van der Waals surface area (Å²) in [7, 11) is 0. The third-order valence-corrected chi connectivity index (χ3v) is 3.63. The van der Waals surface area contributed by atoms with Crippen molar-refractivity contribution in [3.63, 3.8) is 0 Å².